The van der Waals surface area contributed by atoms with E-state index in [9.17, 15) is 17.6 Å². The minimum atomic E-state index is -4.27. The van der Waals surface area contributed by atoms with Crippen LogP contribution >= 0.6 is 0 Å². The second-order valence-corrected chi connectivity index (χ2v) is 5.80. The van der Waals surface area contributed by atoms with Crippen LogP contribution in [0.15, 0.2) is 45.2 Å². The summed E-state index contributed by atoms with van der Waals surface area (Å²) in [5, 5.41) is 5.06. The van der Waals surface area contributed by atoms with Crippen molar-refractivity contribution in [1.82, 2.24) is 15.3 Å². The summed E-state index contributed by atoms with van der Waals surface area (Å²) in [7, 11) is 0. The van der Waals surface area contributed by atoms with Crippen LogP contribution < -0.4 is 10.6 Å². The van der Waals surface area contributed by atoms with Gasteiger partial charge in [-0.1, -0.05) is 6.07 Å². The average molecular weight is 380 g/mol. The predicted octanol–water partition coefficient (Wildman–Crippen LogP) is 4.50. The van der Waals surface area contributed by atoms with Gasteiger partial charge in [-0.15, -0.1) is 0 Å². The van der Waals surface area contributed by atoms with E-state index in [1.807, 2.05) is 0 Å². The molecule has 0 aliphatic heterocycles. The average Bonchev–Trinajstić information content (AvgIpc) is 3.15. The molecule has 0 fully saturated rings. The first-order valence-corrected chi connectivity index (χ1v) is 7.86. The minimum Gasteiger partial charge on any atom is -0.423 e. The molecule has 0 saturated heterocycles. The number of benzene rings is 2. The lowest BCUT2D eigenvalue weighted by molar-refractivity contribution is -0.125. The molecular formula is C17H12F4N4O2. The molecule has 0 saturated carbocycles. The van der Waals surface area contributed by atoms with Crippen molar-refractivity contribution in [2.45, 2.75) is 12.7 Å². The first-order chi connectivity index (χ1) is 12.9. The van der Waals surface area contributed by atoms with Crippen LogP contribution in [-0.4, -0.2) is 22.7 Å². The minimum absolute atomic E-state index is 0.0434. The molecule has 2 heterocycles. The number of nitrogens with one attached hydrogen (secondary N) is 2. The number of nitrogens with zero attached hydrogens (tertiary/aromatic N) is 2. The van der Waals surface area contributed by atoms with E-state index in [1.165, 1.54) is 18.2 Å². The molecule has 0 spiro atoms. The van der Waals surface area contributed by atoms with Crippen LogP contribution in [0.2, 0.25) is 0 Å². The fourth-order valence-electron chi connectivity index (χ4n) is 2.53. The van der Waals surface area contributed by atoms with E-state index in [-0.39, 0.29) is 18.6 Å². The zero-order valence-corrected chi connectivity index (χ0v) is 13.6. The van der Waals surface area contributed by atoms with Gasteiger partial charge in [0.05, 0.1) is 6.54 Å². The maximum atomic E-state index is 13.2. The summed E-state index contributed by atoms with van der Waals surface area (Å²) in [5.74, 6) is -0.434. The molecule has 2 aromatic heterocycles. The van der Waals surface area contributed by atoms with Crippen molar-refractivity contribution in [3.8, 4) is 0 Å². The lowest BCUT2D eigenvalue weighted by atomic mass is 10.2. The van der Waals surface area contributed by atoms with Gasteiger partial charge in [-0.25, -0.2) is 4.39 Å². The molecule has 0 bridgehead atoms. The number of halogens is 4. The van der Waals surface area contributed by atoms with E-state index in [4.69, 9.17) is 8.83 Å². The highest BCUT2D eigenvalue weighted by molar-refractivity contribution is 5.77. The molecule has 4 aromatic rings. The largest absolute Gasteiger partial charge is 0.423 e. The third-order valence-electron chi connectivity index (χ3n) is 3.67. The van der Waals surface area contributed by atoms with Gasteiger partial charge in [0.2, 0.25) is 0 Å². The summed E-state index contributed by atoms with van der Waals surface area (Å²) in [4.78, 5) is 8.30. The Morgan fingerprint density at radius 2 is 1.52 bits per heavy atom. The highest BCUT2D eigenvalue weighted by Gasteiger charge is 2.26. The molecule has 2 aromatic carbocycles. The Hall–Kier alpha value is -3.14. The van der Waals surface area contributed by atoms with Crippen molar-refractivity contribution >= 4 is 34.2 Å². The second-order valence-electron chi connectivity index (χ2n) is 5.80. The molecule has 6 nitrogen and oxygen atoms in total. The van der Waals surface area contributed by atoms with Gasteiger partial charge in [-0.05, 0) is 29.8 Å². The molecule has 0 unspecified atom stereocenters. The maximum absolute atomic E-state index is 13.2. The van der Waals surface area contributed by atoms with Gasteiger partial charge in [-0.2, -0.15) is 23.1 Å². The van der Waals surface area contributed by atoms with E-state index < -0.39 is 18.5 Å². The quantitative estimate of drug-likeness (QED) is 0.497. The number of fused-ring (bicyclic) bond motifs is 2. The smallest absolute Gasteiger partial charge is 0.401 e. The number of hydrogen-bond acceptors (Lipinski definition) is 6. The molecule has 0 amide bonds. The summed E-state index contributed by atoms with van der Waals surface area (Å²) in [6.07, 6.45) is -4.27. The predicted molar refractivity (Wildman–Crippen MR) is 89.0 cm³/mol. The van der Waals surface area contributed by atoms with Gasteiger partial charge in [0.15, 0.2) is 11.2 Å². The van der Waals surface area contributed by atoms with Crippen LogP contribution in [-0.2, 0) is 6.54 Å². The summed E-state index contributed by atoms with van der Waals surface area (Å²) in [6.45, 7) is -1.03. The molecule has 10 heteroatoms. The number of hydrogen-bond donors (Lipinski definition) is 2. The lowest BCUT2D eigenvalue weighted by Crippen LogP contribution is -2.28. The summed E-state index contributed by atoms with van der Waals surface area (Å²) < 4.78 is 60.7. The maximum Gasteiger partial charge on any atom is 0.401 e. The Bertz CT molecular complexity index is 1100. The highest BCUT2D eigenvalue weighted by atomic mass is 19.4. The SMILES string of the molecule is Fc1ccc2oc(Nc3nc4cc(CNCC(F)(F)F)ccc4o3)nc2c1. The van der Waals surface area contributed by atoms with E-state index in [2.05, 4.69) is 20.6 Å². The molecular weight excluding hydrogens is 368 g/mol. The molecule has 0 radical (unpaired) electrons. The molecule has 0 aliphatic carbocycles. The Morgan fingerprint density at radius 3 is 2.19 bits per heavy atom. The first-order valence-electron chi connectivity index (χ1n) is 7.86. The van der Waals surface area contributed by atoms with Crippen LogP contribution in [0.1, 0.15) is 5.56 Å². The fourth-order valence-corrected chi connectivity index (χ4v) is 2.53. The standard InChI is InChI=1S/C17H12F4N4O2/c18-10-2-4-14-12(6-10)24-16(27-14)25-15-23-11-5-9(1-3-13(11)26-15)7-22-8-17(19,20)21/h1-6,22H,7-8H2,(H,23,24,25). The molecule has 0 aliphatic rings. The van der Waals surface area contributed by atoms with Crippen LogP contribution in [0.3, 0.4) is 0 Å². The van der Waals surface area contributed by atoms with E-state index >= 15 is 0 Å². The summed E-state index contributed by atoms with van der Waals surface area (Å²) in [5.41, 5.74) is 2.27. The topological polar surface area (TPSA) is 76.1 Å². The van der Waals surface area contributed by atoms with Crippen LogP contribution in [0, 0.1) is 5.82 Å². The first kappa shape index (κ1) is 17.3. The van der Waals surface area contributed by atoms with Crippen molar-refractivity contribution in [1.29, 1.82) is 0 Å². The van der Waals surface area contributed by atoms with Crippen molar-refractivity contribution in [2.24, 2.45) is 0 Å². The zero-order valence-electron chi connectivity index (χ0n) is 13.6. The van der Waals surface area contributed by atoms with Gasteiger partial charge >= 0.3 is 18.2 Å². The zero-order chi connectivity index (χ0) is 19.0. The van der Waals surface area contributed by atoms with Crippen molar-refractivity contribution in [3.05, 3.63) is 47.8 Å². The van der Waals surface area contributed by atoms with Crippen LogP contribution in [0.4, 0.5) is 29.6 Å². The number of anilines is 2. The Morgan fingerprint density at radius 1 is 0.889 bits per heavy atom. The normalized spacial score (nSPS) is 12.1. The van der Waals surface area contributed by atoms with Gasteiger partial charge in [0, 0.05) is 12.6 Å². The molecule has 27 heavy (non-hydrogen) atoms. The van der Waals surface area contributed by atoms with Crippen molar-refractivity contribution < 1.29 is 26.4 Å². The Kier molecular flexibility index (Phi) is 4.19. The van der Waals surface area contributed by atoms with Crippen LogP contribution in [0.25, 0.3) is 22.2 Å². The van der Waals surface area contributed by atoms with E-state index in [0.29, 0.717) is 27.8 Å². The Labute approximate surface area is 149 Å². The highest BCUT2D eigenvalue weighted by Crippen LogP contribution is 2.25. The molecule has 0 atom stereocenters. The lowest BCUT2D eigenvalue weighted by Gasteiger charge is -2.07. The van der Waals surface area contributed by atoms with Gasteiger partial charge < -0.3 is 14.2 Å². The second kappa shape index (κ2) is 6.54. The number of alkyl halides is 3. The summed E-state index contributed by atoms with van der Waals surface area (Å²) >= 11 is 0. The Balaban J connectivity index is 1.50. The number of rotatable bonds is 5. The third kappa shape index (κ3) is 4.00. The van der Waals surface area contributed by atoms with E-state index in [1.54, 1.807) is 18.2 Å². The monoisotopic (exact) mass is 380 g/mol. The summed E-state index contributed by atoms with van der Waals surface area (Å²) in [6, 6.07) is 8.99. The molecule has 140 valence electrons. The van der Waals surface area contributed by atoms with Gasteiger partial charge in [0.1, 0.15) is 16.9 Å². The van der Waals surface area contributed by atoms with Crippen LogP contribution in [0.5, 0.6) is 0 Å². The third-order valence-corrected chi connectivity index (χ3v) is 3.67. The number of aromatic nitrogens is 2. The number of oxazole rings is 2. The van der Waals surface area contributed by atoms with Crippen molar-refractivity contribution in [2.75, 3.05) is 11.9 Å². The molecule has 2 N–H and O–H groups in total. The molecule has 4 rings (SSSR count). The van der Waals surface area contributed by atoms with Gasteiger partial charge in [-0.3, -0.25) is 5.32 Å². The van der Waals surface area contributed by atoms with E-state index in [0.717, 1.165) is 0 Å². The van der Waals surface area contributed by atoms with Gasteiger partial charge in [0.25, 0.3) is 0 Å². The van der Waals surface area contributed by atoms with Crippen molar-refractivity contribution in [3.63, 3.8) is 0 Å². The fraction of sp³-hybridized carbons (Fsp3) is 0.176.